The van der Waals surface area contributed by atoms with Crippen LogP contribution < -0.4 is 10.2 Å². The fourth-order valence-electron chi connectivity index (χ4n) is 2.30. The highest BCUT2D eigenvalue weighted by atomic mass is 16.5. The van der Waals surface area contributed by atoms with Gasteiger partial charge in [-0.2, -0.15) is 0 Å². The van der Waals surface area contributed by atoms with Crippen molar-refractivity contribution in [3.05, 3.63) is 36.5 Å². The van der Waals surface area contributed by atoms with E-state index in [-0.39, 0.29) is 0 Å². The van der Waals surface area contributed by atoms with E-state index >= 15 is 0 Å². The first-order chi connectivity index (χ1) is 9.84. The normalized spacial score (nSPS) is 15.3. The maximum atomic E-state index is 5.39. The Morgan fingerprint density at radius 3 is 2.95 bits per heavy atom. The lowest BCUT2D eigenvalue weighted by atomic mass is 10.3. The van der Waals surface area contributed by atoms with Crippen LogP contribution in [0.2, 0.25) is 0 Å². The molecule has 6 heteroatoms. The molecule has 0 atom stereocenters. The minimum absolute atomic E-state index is 0.736. The van der Waals surface area contributed by atoms with Gasteiger partial charge in [-0.3, -0.25) is 0 Å². The zero-order chi connectivity index (χ0) is 13.8. The number of aryl methyl sites for hydroxylation is 1. The smallest absolute Gasteiger partial charge is 0.152 e. The van der Waals surface area contributed by atoms with Crippen LogP contribution in [-0.4, -0.2) is 40.8 Å². The molecule has 0 bridgehead atoms. The Morgan fingerprint density at radius 2 is 2.20 bits per heavy atom. The summed E-state index contributed by atoms with van der Waals surface area (Å²) in [5.74, 6) is 0.998. The third-order valence-corrected chi connectivity index (χ3v) is 3.47. The average molecular weight is 273 g/mol. The average Bonchev–Trinajstić information content (AvgIpc) is 2.92. The zero-order valence-electron chi connectivity index (χ0n) is 11.6. The number of morpholine rings is 1. The van der Waals surface area contributed by atoms with Gasteiger partial charge in [0, 0.05) is 32.5 Å². The van der Waals surface area contributed by atoms with Crippen LogP contribution in [0.3, 0.4) is 0 Å². The van der Waals surface area contributed by atoms with Crippen molar-refractivity contribution in [3.63, 3.8) is 0 Å². The van der Waals surface area contributed by atoms with Crippen LogP contribution in [0.15, 0.2) is 30.9 Å². The third-order valence-electron chi connectivity index (χ3n) is 3.47. The Kier molecular flexibility index (Phi) is 3.83. The molecule has 106 valence electrons. The van der Waals surface area contributed by atoms with Gasteiger partial charge >= 0.3 is 0 Å². The van der Waals surface area contributed by atoms with Gasteiger partial charge in [0.25, 0.3) is 0 Å². The minimum Gasteiger partial charge on any atom is -0.378 e. The first-order valence-electron chi connectivity index (χ1n) is 6.81. The molecule has 6 nitrogen and oxygen atoms in total. The Balaban J connectivity index is 1.74. The summed E-state index contributed by atoms with van der Waals surface area (Å²) in [6, 6.07) is 4.02. The molecule has 0 unspecified atom stereocenters. The lowest BCUT2D eigenvalue weighted by Gasteiger charge is -2.29. The number of aromatic nitrogens is 3. The van der Waals surface area contributed by atoms with Gasteiger partial charge in [0.1, 0.15) is 0 Å². The summed E-state index contributed by atoms with van der Waals surface area (Å²) in [7, 11) is 2.00. The van der Waals surface area contributed by atoms with E-state index in [2.05, 4.69) is 26.3 Å². The van der Waals surface area contributed by atoms with Gasteiger partial charge in [-0.15, -0.1) is 0 Å². The minimum atomic E-state index is 0.736. The molecule has 0 aromatic carbocycles. The SMILES string of the molecule is Cn1cncc1CNc1cccnc1N1CCOCC1. The molecule has 1 aliphatic rings. The van der Waals surface area contributed by atoms with Crippen molar-refractivity contribution >= 4 is 11.5 Å². The molecule has 2 aromatic rings. The molecular weight excluding hydrogens is 254 g/mol. The van der Waals surface area contributed by atoms with Crippen molar-refractivity contribution in [3.8, 4) is 0 Å². The molecule has 3 rings (SSSR count). The van der Waals surface area contributed by atoms with E-state index in [1.807, 2.05) is 36.4 Å². The molecular formula is C14H19N5O. The quantitative estimate of drug-likeness (QED) is 0.909. The summed E-state index contributed by atoms with van der Waals surface area (Å²) >= 11 is 0. The Morgan fingerprint density at radius 1 is 1.35 bits per heavy atom. The Bertz CT molecular complexity index is 562. The van der Waals surface area contributed by atoms with Gasteiger partial charge in [-0.1, -0.05) is 0 Å². The molecule has 20 heavy (non-hydrogen) atoms. The van der Waals surface area contributed by atoms with Gasteiger partial charge in [0.15, 0.2) is 5.82 Å². The summed E-state index contributed by atoms with van der Waals surface area (Å²) in [5.41, 5.74) is 2.19. The van der Waals surface area contributed by atoms with Gasteiger partial charge < -0.3 is 19.5 Å². The van der Waals surface area contributed by atoms with Gasteiger partial charge in [-0.25, -0.2) is 9.97 Å². The first kappa shape index (κ1) is 12.9. The van der Waals surface area contributed by atoms with Gasteiger partial charge in [0.2, 0.25) is 0 Å². The van der Waals surface area contributed by atoms with Gasteiger partial charge in [0.05, 0.1) is 37.5 Å². The summed E-state index contributed by atoms with van der Waals surface area (Å²) in [6.45, 7) is 4.03. The van der Waals surface area contributed by atoms with E-state index in [4.69, 9.17) is 4.74 Å². The van der Waals surface area contributed by atoms with E-state index < -0.39 is 0 Å². The van der Waals surface area contributed by atoms with Crippen LogP contribution in [0.1, 0.15) is 5.69 Å². The molecule has 0 radical (unpaired) electrons. The number of pyridine rings is 1. The fraction of sp³-hybridized carbons (Fsp3) is 0.429. The van der Waals surface area contributed by atoms with Crippen molar-refractivity contribution in [2.24, 2.45) is 7.05 Å². The molecule has 2 aromatic heterocycles. The van der Waals surface area contributed by atoms with Crippen LogP contribution in [0.4, 0.5) is 11.5 Å². The molecule has 1 saturated heterocycles. The lowest BCUT2D eigenvalue weighted by Crippen LogP contribution is -2.37. The predicted octanol–water partition coefficient (Wildman–Crippen LogP) is 1.26. The van der Waals surface area contributed by atoms with Crippen LogP contribution in [0, 0.1) is 0 Å². The fourth-order valence-corrected chi connectivity index (χ4v) is 2.30. The highest BCUT2D eigenvalue weighted by Gasteiger charge is 2.15. The number of hydrogen-bond donors (Lipinski definition) is 1. The molecule has 0 spiro atoms. The van der Waals surface area contributed by atoms with Crippen molar-refractivity contribution in [2.45, 2.75) is 6.54 Å². The van der Waals surface area contributed by atoms with Crippen molar-refractivity contribution in [1.29, 1.82) is 0 Å². The zero-order valence-corrected chi connectivity index (χ0v) is 11.6. The molecule has 1 N–H and O–H groups in total. The Hall–Kier alpha value is -2.08. The van der Waals surface area contributed by atoms with Crippen LogP contribution in [-0.2, 0) is 18.3 Å². The van der Waals surface area contributed by atoms with E-state index in [0.29, 0.717) is 0 Å². The summed E-state index contributed by atoms with van der Waals surface area (Å²) in [6.07, 6.45) is 5.51. The molecule has 0 saturated carbocycles. The number of rotatable bonds is 4. The van der Waals surface area contributed by atoms with E-state index in [1.54, 1.807) is 0 Å². The third kappa shape index (κ3) is 2.75. The summed E-state index contributed by atoms with van der Waals surface area (Å²) < 4.78 is 7.41. The molecule has 1 aliphatic heterocycles. The van der Waals surface area contributed by atoms with E-state index in [9.17, 15) is 0 Å². The highest BCUT2D eigenvalue weighted by Crippen LogP contribution is 2.23. The van der Waals surface area contributed by atoms with E-state index in [0.717, 1.165) is 50.0 Å². The standard InChI is InChI=1S/C14H19N5O/c1-18-11-15-9-12(18)10-17-13-3-2-4-16-14(13)19-5-7-20-8-6-19/h2-4,9,11,17H,5-8,10H2,1H3. The molecule has 0 aliphatic carbocycles. The second kappa shape index (κ2) is 5.92. The van der Waals surface area contributed by atoms with Gasteiger partial charge in [-0.05, 0) is 12.1 Å². The second-order valence-electron chi connectivity index (χ2n) is 4.82. The lowest BCUT2D eigenvalue weighted by molar-refractivity contribution is 0.122. The molecule has 3 heterocycles. The Labute approximate surface area is 118 Å². The van der Waals surface area contributed by atoms with Crippen LogP contribution in [0.25, 0.3) is 0 Å². The van der Waals surface area contributed by atoms with Crippen LogP contribution in [0.5, 0.6) is 0 Å². The maximum Gasteiger partial charge on any atom is 0.152 e. The second-order valence-corrected chi connectivity index (χ2v) is 4.82. The molecule has 0 amide bonds. The topological polar surface area (TPSA) is 55.2 Å². The summed E-state index contributed by atoms with van der Waals surface area (Å²) in [4.78, 5) is 10.9. The summed E-state index contributed by atoms with van der Waals surface area (Å²) in [5, 5.41) is 3.45. The van der Waals surface area contributed by atoms with Crippen LogP contribution >= 0.6 is 0 Å². The number of ether oxygens (including phenoxy) is 1. The van der Waals surface area contributed by atoms with Crippen molar-refractivity contribution in [1.82, 2.24) is 14.5 Å². The predicted molar refractivity (Wildman–Crippen MR) is 77.8 cm³/mol. The maximum absolute atomic E-state index is 5.39. The number of nitrogens with one attached hydrogen (secondary N) is 1. The number of imidazole rings is 1. The van der Waals surface area contributed by atoms with E-state index in [1.165, 1.54) is 0 Å². The first-order valence-corrected chi connectivity index (χ1v) is 6.81. The van der Waals surface area contributed by atoms with Crippen molar-refractivity contribution < 1.29 is 4.74 Å². The van der Waals surface area contributed by atoms with Crippen molar-refractivity contribution in [2.75, 3.05) is 36.5 Å². The highest BCUT2D eigenvalue weighted by molar-refractivity contribution is 5.65. The number of anilines is 2. The largest absolute Gasteiger partial charge is 0.378 e. The number of nitrogens with zero attached hydrogens (tertiary/aromatic N) is 4. The molecule has 1 fully saturated rings. The number of hydrogen-bond acceptors (Lipinski definition) is 5. The monoisotopic (exact) mass is 273 g/mol.